The first-order valence-electron chi connectivity index (χ1n) is 9.14. The van der Waals surface area contributed by atoms with Gasteiger partial charge in [-0.1, -0.05) is 19.1 Å². The van der Waals surface area contributed by atoms with Crippen molar-refractivity contribution in [2.45, 2.75) is 39.8 Å². The Kier molecular flexibility index (Phi) is 4.35. The lowest BCUT2D eigenvalue weighted by Crippen LogP contribution is -2.20. The molecular formula is C20H22N6O. The number of fused-ring (bicyclic) bond motifs is 2. The molecule has 0 fully saturated rings. The fraction of sp³-hybridized carbons (Fsp3) is 0.300. The van der Waals surface area contributed by atoms with E-state index in [0.717, 1.165) is 34.3 Å². The maximum atomic E-state index is 12.6. The van der Waals surface area contributed by atoms with Crippen LogP contribution in [0.5, 0.6) is 0 Å². The molecule has 1 amide bonds. The average Bonchev–Trinajstić information content (AvgIpc) is 3.23. The van der Waals surface area contributed by atoms with Crippen LogP contribution in [-0.2, 0) is 17.8 Å². The smallest absolute Gasteiger partial charge is 0.244 e. The molecule has 0 aliphatic heterocycles. The van der Waals surface area contributed by atoms with E-state index in [-0.39, 0.29) is 18.5 Å². The van der Waals surface area contributed by atoms with Gasteiger partial charge in [0.15, 0.2) is 5.65 Å². The number of benzene rings is 1. The van der Waals surface area contributed by atoms with Crippen LogP contribution in [0.1, 0.15) is 32.6 Å². The molecule has 0 aliphatic carbocycles. The molecule has 0 aliphatic rings. The van der Waals surface area contributed by atoms with Crippen molar-refractivity contribution in [2.24, 2.45) is 0 Å². The van der Waals surface area contributed by atoms with Crippen molar-refractivity contribution in [3.05, 3.63) is 48.5 Å². The van der Waals surface area contributed by atoms with E-state index in [4.69, 9.17) is 0 Å². The van der Waals surface area contributed by atoms with Gasteiger partial charge >= 0.3 is 0 Å². The topological polar surface area (TPSA) is 77.6 Å². The van der Waals surface area contributed by atoms with Crippen LogP contribution in [0.3, 0.4) is 0 Å². The Morgan fingerprint density at radius 2 is 2.04 bits per heavy atom. The number of carbonyl (C=O) groups excluding carboxylic acids is 1. The van der Waals surface area contributed by atoms with Crippen LogP contribution in [0.15, 0.2) is 42.7 Å². The van der Waals surface area contributed by atoms with Crippen molar-refractivity contribution in [1.29, 1.82) is 0 Å². The highest BCUT2D eigenvalue weighted by Crippen LogP contribution is 2.20. The minimum absolute atomic E-state index is 0.106. The van der Waals surface area contributed by atoms with Crippen LogP contribution in [-0.4, -0.2) is 30.2 Å². The number of aryl methyl sites for hydroxylation is 1. The molecule has 3 heterocycles. The molecule has 0 radical (unpaired) electrons. The van der Waals surface area contributed by atoms with Gasteiger partial charge in [-0.2, -0.15) is 5.10 Å². The molecule has 7 heteroatoms. The number of carbonyl (C=O) groups is 1. The molecule has 3 aromatic heterocycles. The molecule has 1 aromatic carbocycles. The lowest BCUT2D eigenvalue weighted by Gasteiger charge is -2.10. The molecule has 0 unspecified atom stereocenters. The van der Waals surface area contributed by atoms with E-state index in [2.05, 4.69) is 34.2 Å². The van der Waals surface area contributed by atoms with Gasteiger partial charge in [-0.05, 0) is 32.0 Å². The first-order chi connectivity index (χ1) is 13.1. The predicted molar refractivity (Wildman–Crippen MR) is 106 cm³/mol. The summed E-state index contributed by atoms with van der Waals surface area (Å²) in [7, 11) is 0. The van der Waals surface area contributed by atoms with Crippen LogP contribution in [0.25, 0.3) is 22.1 Å². The second kappa shape index (κ2) is 6.83. The van der Waals surface area contributed by atoms with Gasteiger partial charge in [0.1, 0.15) is 12.4 Å². The fourth-order valence-corrected chi connectivity index (χ4v) is 3.30. The third-order valence-electron chi connectivity index (χ3n) is 4.56. The third kappa shape index (κ3) is 3.16. The molecule has 0 saturated carbocycles. The Balaban J connectivity index is 1.57. The van der Waals surface area contributed by atoms with Gasteiger partial charge < -0.3 is 9.88 Å². The van der Waals surface area contributed by atoms with E-state index < -0.39 is 0 Å². The van der Waals surface area contributed by atoms with Gasteiger partial charge in [0.2, 0.25) is 5.91 Å². The van der Waals surface area contributed by atoms with Crippen LogP contribution < -0.4 is 5.32 Å². The zero-order valence-corrected chi connectivity index (χ0v) is 15.7. The third-order valence-corrected chi connectivity index (χ3v) is 4.56. The van der Waals surface area contributed by atoms with Crippen LogP contribution >= 0.6 is 0 Å². The summed E-state index contributed by atoms with van der Waals surface area (Å²) in [5.41, 5.74) is 3.36. The quantitative estimate of drug-likeness (QED) is 0.589. The summed E-state index contributed by atoms with van der Waals surface area (Å²) < 4.78 is 3.83. The second-order valence-electron chi connectivity index (χ2n) is 6.82. The van der Waals surface area contributed by atoms with Crippen molar-refractivity contribution in [1.82, 2.24) is 24.3 Å². The highest BCUT2D eigenvalue weighted by atomic mass is 16.1. The predicted octanol–water partition coefficient (Wildman–Crippen LogP) is 3.56. The number of imidazole rings is 1. The summed E-state index contributed by atoms with van der Waals surface area (Å²) >= 11 is 0. The normalized spacial score (nSPS) is 11.6. The Morgan fingerprint density at radius 1 is 1.22 bits per heavy atom. The number of hydrogen-bond donors (Lipinski definition) is 1. The molecule has 138 valence electrons. The fourth-order valence-electron chi connectivity index (χ4n) is 3.30. The lowest BCUT2D eigenvalue weighted by molar-refractivity contribution is -0.116. The number of anilines is 1. The second-order valence-corrected chi connectivity index (χ2v) is 6.82. The first-order valence-corrected chi connectivity index (χ1v) is 9.14. The molecule has 0 spiro atoms. The van der Waals surface area contributed by atoms with Gasteiger partial charge in [0.25, 0.3) is 0 Å². The van der Waals surface area contributed by atoms with Gasteiger partial charge in [0, 0.05) is 17.8 Å². The van der Waals surface area contributed by atoms with E-state index >= 15 is 0 Å². The summed E-state index contributed by atoms with van der Waals surface area (Å²) in [5.74, 6) is 0.795. The number of para-hydroxylation sites is 2. The largest absolute Gasteiger partial charge is 0.323 e. The van der Waals surface area contributed by atoms with Crippen LogP contribution in [0, 0.1) is 0 Å². The molecule has 1 N–H and O–H groups in total. The summed E-state index contributed by atoms with van der Waals surface area (Å²) in [5, 5.41) is 8.21. The van der Waals surface area contributed by atoms with E-state index in [1.165, 1.54) is 0 Å². The van der Waals surface area contributed by atoms with E-state index in [1.54, 1.807) is 12.4 Å². The van der Waals surface area contributed by atoms with Crippen LogP contribution in [0.2, 0.25) is 0 Å². The summed E-state index contributed by atoms with van der Waals surface area (Å²) in [6.45, 7) is 6.38. The van der Waals surface area contributed by atoms with Crippen LogP contribution in [0.4, 0.5) is 5.69 Å². The molecular weight excluding hydrogens is 340 g/mol. The number of pyridine rings is 1. The van der Waals surface area contributed by atoms with Gasteiger partial charge in [-0.3, -0.25) is 4.79 Å². The summed E-state index contributed by atoms with van der Waals surface area (Å²) in [6, 6.07) is 10.0. The highest BCUT2D eigenvalue weighted by molar-refractivity contribution is 5.93. The van der Waals surface area contributed by atoms with Gasteiger partial charge in [-0.25, -0.2) is 14.6 Å². The average molecular weight is 362 g/mol. The summed E-state index contributed by atoms with van der Waals surface area (Å²) in [4.78, 5) is 21.7. The zero-order chi connectivity index (χ0) is 19.0. The highest BCUT2D eigenvalue weighted by Gasteiger charge is 2.13. The first kappa shape index (κ1) is 17.2. The minimum atomic E-state index is -0.106. The minimum Gasteiger partial charge on any atom is -0.323 e. The van der Waals surface area contributed by atoms with E-state index in [1.807, 2.05) is 46.5 Å². The number of hydrogen-bond acceptors (Lipinski definition) is 4. The van der Waals surface area contributed by atoms with Gasteiger partial charge in [0.05, 0.1) is 29.1 Å². The Bertz CT molecular complexity index is 1120. The molecule has 4 rings (SSSR count). The summed E-state index contributed by atoms with van der Waals surface area (Å²) in [6.07, 6.45) is 4.22. The van der Waals surface area contributed by atoms with Crippen molar-refractivity contribution in [3.63, 3.8) is 0 Å². The SMILES string of the molecule is CCc1nc2ccccc2n1CC(=O)Nc1cnc2c(cnn2C(C)C)c1. The number of amides is 1. The van der Waals surface area contributed by atoms with Crippen molar-refractivity contribution < 1.29 is 4.79 Å². The molecule has 4 aromatic rings. The Labute approximate surface area is 157 Å². The molecule has 27 heavy (non-hydrogen) atoms. The lowest BCUT2D eigenvalue weighted by atomic mass is 10.3. The van der Waals surface area contributed by atoms with Crippen molar-refractivity contribution in [2.75, 3.05) is 5.32 Å². The Morgan fingerprint density at radius 3 is 2.81 bits per heavy atom. The maximum Gasteiger partial charge on any atom is 0.244 e. The number of nitrogens with one attached hydrogen (secondary N) is 1. The standard InChI is InChI=1S/C20H22N6O/c1-4-18-24-16-7-5-6-8-17(16)25(18)12-19(27)23-15-9-14-10-22-26(13(2)3)20(14)21-11-15/h5-11,13H,4,12H2,1-3H3,(H,23,27). The maximum absolute atomic E-state index is 12.6. The Hall–Kier alpha value is -3.22. The van der Waals surface area contributed by atoms with E-state index in [0.29, 0.717) is 5.69 Å². The number of rotatable bonds is 5. The van der Waals surface area contributed by atoms with Gasteiger partial charge in [-0.15, -0.1) is 0 Å². The number of aromatic nitrogens is 5. The number of nitrogens with zero attached hydrogens (tertiary/aromatic N) is 5. The van der Waals surface area contributed by atoms with Crippen molar-refractivity contribution >= 4 is 33.7 Å². The van der Waals surface area contributed by atoms with Crippen molar-refractivity contribution in [3.8, 4) is 0 Å². The molecule has 0 bridgehead atoms. The zero-order valence-electron chi connectivity index (χ0n) is 15.7. The monoisotopic (exact) mass is 362 g/mol. The van der Waals surface area contributed by atoms with E-state index in [9.17, 15) is 4.79 Å². The molecule has 0 saturated heterocycles. The molecule has 7 nitrogen and oxygen atoms in total. The molecule has 0 atom stereocenters.